The monoisotopic (exact) mass is 342 g/mol. The lowest BCUT2D eigenvalue weighted by Gasteiger charge is -2.15. The van der Waals surface area contributed by atoms with Gasteiger partial charge < -0.3 is 0 Å². The van der Waals surface area contributed by atoms with Crippen LogP contribution in [0.5, 0.6) is 0 Å². The first-order valence-electron chi connectivity index (χ1n) is 7.76. The van der Waals surface area contributed by atoms with Crippen molar-refractivity contribution in [3.05, 3.63) is 53.4 Å². The Kier molecular flexibility index (Phi) is 4.46. The van der Waals surface area contributed by atoms with Crippen LogP contribution in [0.1, 0.15) is 12.0 Å². The maximum atomic E-state index is 4.61. The molecule has 1 fully saturated rings. The largest absolute Gasteiger partial charge is 0.298 e. The number of nitrogens with one attached hydrogen (secondary N) is 1. The van der Waals surface area contributed by atoms with Crippen LogP contribution in [-0.2, 0) is 6.54 Å². The van der Waals surface area contributed by atoms with Crippen LogP contribution in [0.25, 0.3) is 10.7 Å². The van der Waals surface area contributed by atoms with Crippen LogP contribution >= 0.6 is 23.1 Å². The molecule has 118 valence electrons. The molecule has 1 unspecified atom stereocenters. The van der Waals surface area contributed by atoms with E-state index in [0.717, 1.165) is 35.5 Å². The Bertz CT molecular complexity index is 739. The minimum absolute atomic E-state index is 0.575. The van der Waals surface area contributed by atoms with Crippen LogP contribution in [0, 0.1) is 0 Å². The molecule has 1 aromatic carbocycles. The molecule has 2 aromatic heterocycles. The fraction of sp³-hybridized carbons (Fsp3) is 0.294. The number of aromatic nitrogens is 3. The van der Waals surface area contributed by atoms with Gasteiger partial charge in [-0.05, 0) is 30.0 Å². The molecule has 3 heterocycles. The molecule has 0 bridgehead atoms. The Hall–Kier alpha value is -1.63. The lowest BCUT2D eigenvalue weighted by Crippen LogP contribution is -2.20. The van der Waals surface area contributed by atoms with Crippen molar-refractivity contribution in [1.29, 1.82) is 0 Å². The molecule has 0 aliphatic carbocycles. The Morgan fingerprint density at radius 2 is 2.13 bits per heavy atom. The van der Waals surface area contributed by atoms with E-state index in [4.69, 9.17) is 0 Å². The van der Waals surface area contributed by atoms with Crippen LogP contribution < -0.4 is 0 Å². The zero-order valence-corrected chi connectivity index (χ0v) is 14.3. The zero-order valence-electron chi connectivity index (χ0n) is 12.7. The van der Waals surface area contributed by atoms with E-state index in [2.05, 4.69) is 61.9 Å². The molecule has 0 amide bonds. The summed E-state index contributed by atoms with van der Waals surface area (Å²) in [5.74, 6) is 0.877. The highest BCUT2D eigenvalue weighted by Gasteiger charge is 2.24. The molecule has 3 aromatic rings. The zero-order chi connectivity index (χ0) is 15.5. The molecule has 4 nitrogen and oxygen atoms in total. The molecule has 6 heteroatoms. The maximum Gasteiger partial charge on any atom is 0.209 e. The average molecular weight is 342 g/mol. The van der Waals surface area contributed by atoms with Gasteiger partial charge in [-0.25, -0.2) is 4.98 Å². The second kappa shape index (κ2) is 6.86. The summed E-state index contributed by atoms with van der Waals surface area (Å²) < 4.78 is 0. The number of benzene rings is 1. The van der Waals surface area contributed by atoms with Gasteiger partial charge in [0, 0.05) is 18.3 Å². The predicted molar refractivity (Wildman–Crippen MR) is 95.7 cm³/mol. The number of rotatable bonds is 5. The number of thiophene rings is 1. The van der Waals surface area contributed by atoms with Crippen LogP contribution in [0.3, 0.4) is 0 Å². The molecule has 0 spiro atoms. The first-order valence-corrected chi connectivity index (χ1v) is 9.52. The summed E-state index contributed by atoms with van der Waals surface area (Å²) in [4.78, 5) is 8.27. The average Bonchev–Trinajstić information content (AvgIpc) is 3.30. The van der Waals surface area contributed by atoms with Gasteiger partial charge in [-0.1, -0.05) is 48.2 Å². The SMILES string of the molecule is c1ccc(CN2CCC(Sc3n[nH]c(-c4cccs4)n3)C2)cc1. The predicted octanol–water partition coefficient (Wildman–Crippen LogP) is 3.90. The van der Waals surface area contributed by atoms with Crippen molar-refractivity contribution in [2.75, 3.05) is 13.1 Å². The van der Waals surface area contributed by atoms with E-state index in [1.165, 1.54) is 12.0 Å². The molecule has 4 rings (SSSR count). The van der Waals surface area contributed by atoms with Crippen molar-refractivity contribution in [2.45, 2.75) is 23.4 Å². The number of nitrogens with zero attached hydrogens (tertiary/aromatic N) is 3. The Labute approximate surface area is 144 Å². The van der Waals surface area contributed by atoms with Gasteiger partial charge in [-0.3, -0.25) is 10.00 Å². The molecule has 1 saturated heterocycles. The van der Waals surface area contributed by atoms with Crippen LogP contribution in [0.15, 0.2) is 53.0 Å². The lowest BCUT2D eigenvalue weighted by atomic mass is 10.2. The summed E-state index contributed by atoms with van der Waals surface area (Å²) in [5.41, 5.74) is 1.39. The van der Waals surface area contributed by atoms with Crippen LogP contribution in [0.4, 0.5) is 0 Å². The maximum absolute atomic E-state index is 4.61. The van der Waals surface area contributed by atoms with Crippen molar-refractivity contribution < 1.29 is 0 Å². The summed E-state index contributed by atoms with van der Waals surface area (Å²) >= 11 is 3.48. The molecule has 23 heavy (non-hydrogen) atoms. The Morgan fingerprint density at radius 3 is 2.96 bits per heavy atom. The van der Waals surface area contributed by atoms with E-state index in [1.807, 2.05) is 6.07 Å². The van der Waals surface area contributed by atoms with Crippen molar-refractivity contribution in [2.24, 2.45) is 0 Å². The minimum Gasteiger partial charge on any atom is -0.298 e. The highest BCUT2D eigenvalue weighted by molar-refractivity contribution is 7.99. The van der Waals surface area contributed by atoms with Crippen molar-refractivity contribution in [3.63, 3.8) is 0 Å². The van der Waals surface area contributed by atoms with E-state index in [-0.39, 0.29) is 0 Å². The lowest BCUT2D eigenvalue weighted by molar-refractivity contribution is 0.332. The molecule has 1 aliphatic rings. The highest BCUT2D eigenvalue weighted by Crippen LogP contribution is 2.30. The molecular weight excluding hydrogens is 324 g/mol. The van der Waals surface area contributed by atoms with Gasteiger partial charge in [0.2, 0.25) is 5.16 Å². The molecule has 1 atom stereocenters. The summed E-state index contributed by atoms with van der Waals surface area (Å²) in [6.07, 6.45) is 1.19. The normalized spacial score (nSPS) is 18.5. The van der Waals surface area contributed by atoms with Crippen molar-refractivity contribution in [1.82, 2.24) is 20.1 Å². The fourth-order valence-corrected chi connectivity index (χ4v) is 4.56. The third-order valence-corrected chi connectivity index (χ3v) is 5.96. The van der Waals surface area contributed by atoms with E-state index in [9.17, 15) is 0 Å². The summed E-state index contributed by atoms with van der Waals surface area (Å²) in [6.45, 7) is 3.28. The number of likely N-dealkylation sites (tertiary alicyclic amines) is 1. The van der Waals surface area contributed by atoms with Gasteiger partial charge in [0.25, 0.3) is 0 Å². The summed E-state index contributed by atoms with van der Waals surface area (Å²) in [6, 6.07) is 14.8. The molecule has 1 aliphatic heterocycles. The molecule has 0 radical (unpaired) electrons. The topological polar surface area (TPSA) is 44.8 Å². The third kappa shape index (κ3) is 3.65. The second-order valence-electron chi connectivity index (χ2n) is 5.69. The van der Waals surface area contributed by atoms with Gasteiger partial charge in [0.05, 0.1) is 4.88 Å². The first kappa shape index (κ1) is 14.9. The second-order valence-corrected chi connectivity index (χ2v) is 7.91. The highest BCUT2D eigenvalue weighted by atomic mass is 32.2. The number of hydrogen-bond acceptors (Lipinski definition) is 5. The quantitative estimate of drug-likeness (QED) is 0.764. The van der Waals surface area contributed by atoms with Gasteiger partial charge in [-0.15, -0.1) is 16.4 Å². The first-order chi connectivity index (χ1) is 11.4. The van der Waals surface area contributed by atoms with Gasteiger partial charge in [0.15, 0.2) is 5.82 Å². The van der Waals surface area contributed by atoms with Crippen molar-refractivity contribution >= 4 is 23.1 Å². The van der Waals surface area contributed by atoms with E-state index in [0.29, 0.717) is 5.25 Å². The summed E-state index contributed by atoms with van der Waals surface area (Å²) in [5, 5.41) is 10.9. The number of H-pyrrole nitrogens is 1. The molecule has 0 saturated carbocycles. The Morgan fingerprint density at radius 1 is 1.22 bits per heavy atom. The fourth-order valence-electron chi connectivity index (χ4n) is 2.85. The van der Waals surface area contributed by atoms with Crippen LogP contribution in [0.2, 0.25) is 0 Å². The van der Waals surface area contributed by atoms with E-state index >= 15 is 0 Å². The van der Waals surface area contributed by atoms with Crippen molar-refractivity contribution in [3.8, 4) is 10.7 Å². The van der Waals surface area contributed by atoms with Crippen LogP contribution in [-0.4, -0.2) is 38.4 Å². The number of hydrogen-bond donors (Lipinski definition) is 1. The van der Waals surface area contributed by atoms with Gasteiger partial charge >= 0.3 is 0 Å². The third-order valence-electron chi connectivity index (χ3n) is 3.97. The van der Waals surface area contributed by atoms with E-state index < -0.39 is 0 Å². The number of aromatic amines is 1. The smallest absolute Gasteiger partial charge is 0.209 e. The molecule has 1 N–H and O–H groups in total. The van der Waals surface area contributed by atoms with E-state index in [1.54, 1.807) is 23.1 Å². The number of thioether (sulfide) groups is 1. The molecular formula is C17H18N4S2. The minimum atomic E-state index is 0.575. The van der Waals surface area contributed by atoms with Gasteiger partial charge in [-0.2, -0.15) is 0 Å². The Balaban J connectivity index is 1.34. The van der Waals surface area contributed by atoms with Gasteiger partial charge in [0.1, 0.15) is 0 Å². The standard InChI is InChI=1S/C17H18N4S2/c1-2-5-13(6-3-1)11-21-9-8-14(12-21)23-17-18-16(19-20-17)15-7-4-10-22-15/h1-7,10,14H,8-9,11-12H2,(H,18,19,20). The summed E-state index contributed by atoms with van der Waals surface area (Å²) in [7, 11) is 0.